The molecule has 0 unspecified atom stereocenters. The van der Waals surface area contributed by atoms with E-state index in [4.69, 9.17) is 11.6 Å². The summed E-state index contributed by atoms with van der Waals surface area (Å²) in [5, 5.41) is 4.24. The van der Waals surface area contributed by atoms with Crippen molar-refractivity contribution < 1.29 is 0 Å². The monoisotopic (exact) mass is 430 g/mol. The van der Waals surface area contributed by atoms with Gasteiger partial charge in [-0.2, -0.15) is 0 Å². The van der Waals surface area contributed by atoms with Crippen LogP contribution >= 0.6 is 52.3 Å². The maximum Gasteiger partial charge on any atom is 0.0417 e. The Morgan fingerprint density at radius 1 is 1.23 bits per heavy atom. The van der Waals surface area contributed by atoms with Gasteiger partial charge < -0.3 is 5.32 Å². The van der Waals surface area contributed by atoms with Crippen LogP contribution in [0.5, 0.6) is 0 Å². The van der Waals surface area contributed by atoms with E-state index >= 15 is 0 Å². The SMILES string of the molecule is CCCCC[C@H](c1ccc(Cl)cc1Br)N1CCNCC1.Cl.Cl. The highest BCUT2D eigenvalue weighted by molar-refractivity contribution is 9.10. The van der Waals surface area contributed by atoms with Crippen LogP contribution in [-0.4, -0.2) is 31.1 Å². The fraction of sp³-hybridized carbons (Fsp3) is 0.625. The number of benzene rings is 1. The topological polar surface area (TPSA) is 15.3 Å². The van der Waals surface area contributed by atoms with E-state index < -0.39 is 0 Å². The molecule has 0 amide bonds. The van der Waals surface area contributed by atoms with Gasteiger partial charge >= 0.3 is 0 Å². The number of rotatable bonds is 6. The van der Waals surface area contributed by atoms with Gasteiger partial charge in [-0.1, -0.05) is 59.8 Å². The van der Waals surface area contributed by atoms with Crippen LogP contribution in [0.15, 0.2) is 22.7 Å². The zero-order valence-corrected chi connectivity index (χ0v) is 17.0. The lowest BCUT2D eigenvalue weighted by Crippen LogP contribution is -2.45. The first-order chi connectivity index (χ1) is 9.72. The predicted molar refractivity (Wildman–Crippen MR) is 105 cm³/mol. The first-order valence-electron chi connectivity index (χ1n) is 7.62. The molecule has 128 valence electrons. The second-order valence-electron chi connectivity index (χ2n) is 5.46. The Labute approximate surface area is 160 Å². The van der Waals surface area contributed by atoms with Crippen LogP contribution in [0, 0.1) is 0 Å². The van der Waals surface area contributed by atoms with Crippen molar-refractivity contribution in [2.45, 2.75) is 38.6 Å². The third-order valence-electron chi connectivity index (χ3n) is 3.99. The second kappa shape index (κ2) is 11.9. The molecule has 1 N–H and O–H groups in total. The predicted octanol–water partition coefficient (Wildman–Crippen LogP) is 5.47. The van der Waals surface area contributed by atoms with Crippen molar-refractivity contribution in [2.75, 3.05) is 26.2 Å². The van der Waals surface area contributed by atoms with E-state index in [1.807, 2.05) is 12.1 Å². The van der Waals surface area contributed by atoms with E-state index in [9.17, 15) is 0 Å². The van der Waals surface area contributed by atoms with E-state index in [1.165, 1.54) is 31.2 Å². The maximum absolute atomic E-state index is 6.08. The van der Waals surface area contributed by atoms with Crippen molar-refractivity contribution >= 4 is 52.3 Å². The number of nitrogens with zero attached hydrogens (tertiary/aromatic N) is 1. The Morgan fingerprint density at radius 3 is 2.50 bits per heavy atom. The summed E-state index contributed by atoms with van der Waals surface area (Å²) in [6.45, 7) is 6.71. The molecule has 0 aliphatic carbocycles. The first-order valence-corrected chi connectivity index (χ1v) is 8.79. The van der Waals surface area contributed by atoms with E-state index in [1.54, 1.807) is 0 Å². The van der Waals surface area contributed by atoms with Gasteiger partial charge in [0, 0.05) is 41.7 Å². The Hall–Kier alpha value is 0.490. The van der Waals surface area contributed by atoms with Crippen molar-refractivity contribution in [3.8, 4) is 0 Å². The summed E-state index contributed by atoms with van der Waals surface area (Å²) in [6.07, 6.45) is 5.11. The number of hydrogen-bond acceptors (Lipinski definition) is 2. The highest BCUT2D eigenvalue weighted by Gasteiger charge is 2.23. The van der Waals surface area contributed by atoms with E-state index in [2.05, 4.69) is 39.1 Å². The summed E-state index contributed by atoms with van der Waals surface area (Å²) in [7, 11) is 0. The molecule has 0 radical (unpaired) electrons. The van der Waals surface area contributed by atoms with E-state index in [0.717, 1.165) is 35.7 Å². The molecule has 1 heterocycles. The molecule has 0 spiro atoms. The van der Waals surface area contributed by atoms with Crippen LogP contribution < -0.4 is 5.32 Å². The van der Waals surface area contributed by atoms with E-state index in [-0.39, 0.29) is 24.8 Å². The number of nitrogens with one attached hydrogen (secondary N) is 1. The number of halogens is 4. The molecule has 1 aromatic carbocycles. The summed E-state index contributed by atoms with van der Waals surface area (Å²) in [4.78, 5) is 2.61. The van der Waals surface area contributed by atoms with Gasteiger partial charge in [0.25, 0.3) is 0 Å². The number of piperazine rings is 1. The summed E-state index contributed by atoms with van der Waals surface area (Å²) < 4.78 is 1.14. The van der Waals surface area contributed by atoms with Gasteiger partial charge in [-0.15, -0.1) is 24.8 Å². The summed E-state index contributed by atoms with van der Waals surface area (Å²) in [5.74, 6) is 0. The van der Waals surface area contributed by atoms with Crippen molar-refractivity contribution in [3.05, 3.63) is 33.3 Å². The highest BCUT2D eigenvalue weighted by atomic mass is 79.9. The molecule has 2 nitrogen and oxygen atoms in total. The van der Waals surface area contributed by atoms with Gasteiger partial charge in [0.1, 0.15) is 0 Å². The average Bonchev–Trinajstić information content (AvgIpc) is 2.46. The molecule has 2 rings (SSSR count). The lowest BCUT2D eigenvalue weighted by Gasteiger charge is -2.36. The molecule has 1 aromatic rings. The maximum atomic E-state index is 6.08. The van der Waals surface area contributed by atoms with E-state index in [0.29, 0.717) is 6.04 Å². The molecule has 0 bridgehead atoms. The minimum absolute atomic E-state index is 0. The van der Waals surface area contributed by atoms with Crippen molar-refractivity contribution in [3.63, 3.8) is 0 Å². The molecular formula is C16H26BrCl3N2. The van der Waals surface area contributed by atoms with Crippen molar-refractivity contribution in [2.24, 2.45) is 0 Å². The third-order valence-corrected chi connectivity index (χ3v) is 4.92. The molecule has 1 atom stereocenters. The van der Waals surface area contributed by atoms with Crippen LogP contribution in [0.2, 0.25) is 5.02 Å². The van der Waals surface area contributed by atoms with Gasteiger partial charge in [0.2, 0.25) is 0 Å². The Balaban J connectivity index is 0.00000220. The zero-order chi connectivity index (χ0) is 14.4. The Bertz CT molecular complexity index is 426. The molecule has 1 saturated heterocycles. The third kappa shape index (κ3) is 6.54. The molecular weight excluding hydrogens is 406 g/mol. The lowest BCUT2D eigenvalue weighted by atomic mass is 9.98. The number of hydrogen-bond donors (Lipinski definition) is 1. The van der Waals surface area contributed by atoms with Gasteiger partial charge in [-0.25, -0.2) is 0 Å². The fourth-order valence-electron chi connectivity index (χ4n) is 2.89. The molecule has 1 fully saturated rings. The van der Waals surface area contributed by atoms with Crippen molar-refractivity contribution in [1.82, 2.24) is 10.2 Å². The fourth-order valence-corrected chi connectivity index (χ4v) is 3.83. The van der Waals surface area contributed by atoms with Crippen LogP contribution in [0.25, 0.3) is 0 Å². The molecule has 22 heavy (non-hydrogen) atoms. The zero-order valence-electron chi connectivity index (χ0n) is 13.0. The van der Waals surface area contributed by atoms with Crippen molar-refractivity contribution in [1.29, 1.82) is 0 Å². The van der Waals surface area contributed by atoms with Crippen LogP contribution in [0.4, 0.5) is 0 Å². The largest absolute Gasteiger partial charge is 0.314 e. The van der Waals surface area contributed by atoms with Gasteiger partial charge in [0.05, 0.1) is 0 Å². The number of unbranched alkanes of at least 4 members (excludes halogenated alkanes) is 2. The quantitative estimate of drug-likeness (QED) is 0.600. The molecule has 6 heteroatoms. The van der Waals surface area contributed by atoms with Crippen LogP contribution in [-0.2, 0) is 0 Å². The van der Waals surface area contributed by atoms with Gasteiger partial charge in [-0.05, 0) is 24.1 Å². The minimum Gasteiger partial charge on any atom is -0.314 e. The highest BCUT2D eigenvalue weighted by Crippen LogP contribution is 2.33. The van der Waals surface area contributed by atoms with Gasteiger partial charge in [-0.3, -0.25) is 4.90 Å². The summed E-state index contributed by atoms with van der Waals surface area (Å²) in [6, 6.07) is 6.73. The average molecular weight is 433 g/mol. The smallest absolute Gasteiger partial charge is 0.0417 e. The van der Waals surface area contributed by atoms with Crippen LogP contribution in [0.1, 0.15) is 44.2 Å². The normalized spacial score (nSPS) is 16.5. The lowest BCUT2D eigenvalue weighted by molar-refractivity contribution is 0.162. The Morgan fingerprint density at radius 2 is 1.91 bits per heavy atom. The first kappa shape index (κ1) is 22.5. The minimum atomic E-state index is 0. The molecule has 0 saturated carbocycles. The van der Waals surface area contributed by atoms with Gasteiger partial charge in [0.15, 0.2) is 0 Å². The Kier molecular flexibility index (Phi) is 12.2. The second-order valence-corrected chi connectivity index (χ2v) is 6.75. The molecule has 1 aliphatic rings. The summed E-state index contributed by atoms with van der Waals surface area (Å²) in [5.41, 5.74) is 1.38. The molecule has 1 aliphatic heterocycles. The molecule has 0 aromatic heterocycles. The van der Waals surface area contributed by atoms with Crippen LogP contribution in [0.3, 0.4) is 0 Å². The summed E-state index contributed by atoms with van der Waals surface area (Å²) >= 11 is 9.78. The standard InChI is InChI=1S/C16H24BrClN2.2ClH/c1-2-3-4-5-16(20-10-8-19-9-11-20)14-7-6-13(18)12-15(14)17;;/h6-7,12,16,19H,2-5,8-11H2,1H3;2*1H/t16-;;/m1../s1.